The van der Waals surface area contributed by atoms with Crippen LogP contribution in [0.4, 0.5) is 17.1 Å². The Kier molecular flexibility index (Phi) is 8.41. The molecule has 0 spiro atoms. The Morgan fingerprint density at radius 1 is 1.03 bits per heavy atom. The highest BCUT2D eigenvalue weighted by atomic mass is 35.5. The molecule has 1 amide bonds. The van der Waals surface area contributed by atoms with E-state index in [1.54, 1.807) is 56.3 Å². The van der Waals surface area contributed by atoms with Crippen LogP contribution in [0, 0.1) is 0 Å². The lowest BCUT2D eigenvalue weighted by molar-refractivity contribution is 0.102. The third-order valence-electron chi connectivity index (χ3n) is 5.75. The summed E-state index contributed by atoms with van der Waals surface area (Å²) in [5.41, 5.74) is 0.108. The normalized spacial score (nSPS) is 11.7. The number of halogens is 2. The van der Waals surface area contributed by atoms with Gasteiger partial charge >= 0.3 is 0 Å². The Balaban J connectivity index is 1.85. The van der Waals surface area contributed by atoms with Crippen molar-refractivity contribution in [2.24, 2.45) is 10.2 Å². The SMILES string of the molecule is CCOc1c(Cl)cccc1NC(=O)c1cc2ccccc2c(N=Nc2cc(Cl)cc(CC)c2S(=O)(=O)O)c1O. The van der Waals surface area contributed by atoms with Crippen molar-refractivity contribution in [2.75, 3.05) is 11.9 Å². The molecule has 0 aromatic heterocycles. The van der Waals surface area contributed by atoms with Crippen molar-refractivity contribution < 1.29 is 27.6 Å². The van der Waals surface area contributed by atoms with Gasteiger partial charge in [-0.15, -0.1) is 10.2 Å². The number of benzene rings is 4. The van der Waals surface area contributed by atoms with E-state index in [9.17, 15) is 22.9 Å². The van der Waals surface area contributed by atoms with E-state index in [1.165, 1.54) is 18.2 Å². The number of carbonyl (C=O) groups is 1. The van der Waals surface area contributed by atoms with Crippen LogP contribution in [0.2, 0.25) is 10.0 Å². The quantitative estimate of drug-likeness (QED) is 0.142. The van der Waals surface area contributed by atoms with Gasteiger partial charge in [0.15, 0.2) is 11.5 Å². The van der Waals surface area contributed by atoms with Crippen molar-refractivity contribution >= 4 is 67.1 Å². The smallest absolute Gasteiger partial charge is 0.297 e. The number of phenols is 1. The Morgan fingerprint density at radius 2 is 1.77 bits per heavy atom. The number of aromatic hydroxyl groups is 1. The van der Waals surface area contributed by atoms with E-state index in [1.807, 2.05) is 0 Å². The van der Waals surface area contributed by atoms with Crippen molar-refractivity contribution in [3.8, 4) is 11.5 Å². The number of azo groups is 1. The first-order valence-electron chi connectivity index (χ1n) is 11.7. The molecule has 4 aromatic carbocycles. The summed E-state index contributed by atoms with van der Waals surface area (Å²) in [6, 6.07) is 15.8. The molecule has 4 aromatic rings. The number of rotatable bonds is 8. The Hall–Kier alpha value is -3.70. The lowest BCUT2D eigenvalue weighted by Gasteiger charge is -2.14. The molecule has 39 heavy (non-hydrogen) atoms. The number of anilines is 1. The molecule has 202 valence electrons. The van der Waals surface area contributed by atoms with Crippen LogP contribution in [0.5, 0.6) is 11.5 Å². The summed E-state index contributed by atoms with van der Waals surface area (Å²) in [5.74, 6) is -0.894. The number of phenolic OH excluding ortho intramolecular Hbond substituents is 1. The average Bonchev–Trinajstić information content (AvgIpc) is 2.88. The lowest BCUT2D eigenvalue weighted by atomic mass is 10.0. The fourth-order valence-corrected chi connectivity index (χ4v) is 5.42. The molecule has 0 saturated carbocycles. The molecule has 0 bridgehead atoms. The van der Waals surface area contributed by atoms with Crippen molar-refractivity contribution in [3.63, 3.8) is 0 Å². The molecule has 0 aliphatic heterocycles. The second-order valence-electron chi connectivity index (χ2n) is 8.29. The van der Waals surface area contributed by atoms with Gasteiger partial charge in [0.1, 0.15) is 16.3 Å². The summed E-state index contributed by atoms with van der Waals surface area (Å²) < 4.78 is 39.7. The number of nitrogens with one attached hydrogen (secondary N) is 1. The molecular formula is C27H23Cl2N3O6S. The zero-order valence-electron chi connectivity index (χ0n) is 20.8. The van der Waals surface area contributed by atoms with Gasteiger partial charge in [0.25, 0.3) is 16.0 Å². The third-order valence-corrected chi connectivity index (χ3v) is 7.25. The van der Waals surface area contributed by atoms with Gasteiger partial charge in [-0.1, -0.05) is 60.5 Å². The van der Waals surface area contributed by atoms with Crippen LogP contribution >= 0.6 is 23.2 Å². The molecule has 0 heterocycles. The van der Waals surface area contributed by atoms with Gasteiger partial charge in [0.2, 0.25) is 0 Å². The minimum Gasteiger partial charge on any atom is -0.505 e. The summed E-state index contributed by atoms with van der Waals surface area (Å²) >= 11 is 12.4. The molecule has 12 heteroatoms. The minimum atomic E-state index is -4.68. The van der Waals surface area contributed by atoms with Crippen LogP contribution in [0.1, 0.15) is 29.8 Å². The summed E-state index contributed by atoms with van der Waals surface area (Å²) in [4.78, 5) is 12.9. The summed E-state index contributed by atoms with van der Waals surface area (Å²) in [5, 5.41) is 23.5. The maximum absolute atomic E-state index is 13.3. The van der Waals surface area contributed by atoms with Gasteiger partial charge in [-0.2, -0.15) is 8.42 Å². The number of para-hydroxylation sites is 1. The second-order valence-corrected chi connectivity index (χ2v) is 10.5. The van der Waals surface area contributed by atoms with Crippen molar-refractivity contribution in [3.05, 3.63) is 81.8 Å². The summed E-state index contributed by atoms with van der Waals surface area (Å²) in [7, 11) is -4.68. The topological polar surface area (TPSA) is 138 Å². The number of nitrogens with zero attached hydrogens (tertiary/aromatic N) is 2. The molecule has 0 atom stereocenters. The molecule has 9 nitrogen and oxygen atoms in total. The van der Waals surface area contributed by atoms with Gasteiger partial charge in [-0.3, -0.25) is 9.35 Å². The molecule has 0 radical (unpaired) electrons. The van der Waals surface area contributed by atoms with E-state index in [4.69, 9.17) is 27.9 Å². The fourth-order valence-electron chi connectivity index (χ4n) is 4.05. The first-order valence-corrected chi connectivity index (χ1v) is 13.9. The number of ether oxygens (including phenoxy) is 1. The van der Waals surface area contributed by atoms with E-state index in [-0.39, 0.29) is 39.7 Å². The largest absolute Gasteiger partial charge is 0.505 e. The molecular weight excluding hydrogens is 565 g/mol. The second kappa shape index (κ2) is 11.6. The van der Waals surface area contributed by atoms with Gasteiger partial charge in [-0.05, 0) is 54.6 Å². The average molecular weight is 588 g/mol. The standard InChI is InChI=1S/C27H23Cl2N3O6S/c1-3-15-12-17(28)14-22(26(15)39(35,36)37)31-32-23-18-9-6-5-8-16(18)13-19(24(23)33)27(34)30-21-11-7-10-20(29)25(21)38-4-2/h5-14,33H,3-4H2,1-2H3,(H,30,34)(H,35,36,37). The first kappa shape index (κ1) is 28.3. The van der Waals surface area contributed by atoms with Crippen molar-refractivity contribution in [1.29, 1.82) is 0 Å². The van der Waals surface area contributed by atoms with E-state index in [2.05, 4.69) is 15.5 Å². The highest BCUT2D eigenvalue weighted by Gasteiger charge is 2.23. The van der Waals surface area contributed by atoms with Crippen LogP contribution in [0.25, 0.3) is 10.8 Å². The minimum absolute atomic E-state index is 0.0892. The van der Waals surface area contributed by atoms with Gasteiger partial charge < -0.3 is 15.2 Å². The third kappa shape index (κ3) is 5.99. The summed E-state index contributed by atoms with van der Waals surface area (Å²) in [6.07, 6.45) is 0.245. The predicted octanol–water partition coefficient (Wildman–Crippen LogP) is 7.73. The van der Waals surface area contributed by atoms with Crippen LogP contribution in [-0.4, -0.2) is 30.6 Å². The molecule has 0 fully saturated rings. The van der Waals surface area contributed by atoms with Crippen LogP contribution in [0.15, 0.2) is 75.8 Å². The zero-order chi connectivity index (χ0) is 28.3. The highest BCUT2D eigenvalue weighted by Crippen LogP contribution is 2.41. The van der Waals surface area contributed by atoms with Crippen LogP contribution in [-0.2, 0) is 16.5 Å². The van der Waals surface area contributed by atoms with Crippen LogP contribution in [0.3, 0.4) is 0 Å². The fraction of sp³-hybridized carbons (Fsp3) is 0.148. The number of hydrogen-bond acceptors (Lipinski definition) is 7. The summed E-state index contributed by atoms with van der Waals surface area (Å²) in [6.45, 7) is 3.78. The van der Waals surface area contributed by atoms with Gasteiger partial charge in [0.05, 0.1) is 22.9 Å². The van der Waals surface area contributed by atoms with Crippen molar-refractivity contribution in [2.45, 2.75) is 25.2 Å². The van der Waals surface area contributed by atoms with E-state index in [0.29, 0.717) is 28.1 Å². The maximum Gasteiger partial charge on any atom is 0.297 e. The Labute approximate surface area is 234 Å². The zero-order valence-corrected chi connectivity index (χ0v) is 23.1. The van der Waals surface area contributed by atoms with Crippen molar-refractivity contribution in [1.82, 2.24) is 0 Å². The highest BCUT2D eigenvalue weighted by molar-refractivity contribution is 7.86. The Morgan fingerprint density at radius 3 is 2.46 bits per heavy atom. The maximum atomic E-state index is 13.3. The Bertz CT molecular complexity index is 1720. The number of carbonyl (C=O) groups excluding carboxylic acids is 1. The number of fused-ring (bicyclic) bond motifs is 1. The van der Waals surface area contributed by atoms with E-state index in [0.717, 1.165) is 0 Å². The predicted molar refractivity (Wildman–Crippen MR) is 151 cm³/mol. The molecule has 0 aliphatic rings. The van der Waals surface area contributed by atoms with Gasteiger partial charge in [-0.25, -0.2) is 0 Å². The number of hydrogen-bond donors (Lipinski definition) is 3. The molecule has 0 saturated heterocycles. The molecule has 4 rings (SSSR count). The lowest BCUT2D eigenvalue weighted by Crippen LogP contribution is -2.13. The molecule has 0 unspecified atom stereocenters. The van der Waals surface area contributed by atoms with Crippen LogP contribution < -0.4 is 10.1 Å². The first-order chi connectivity index (χ1) is 18.5. The molecule has 3 N–H and O–H groups in total. The van der Waals surface area contributed by atoms with E-state index >= 15 is 0 Å². The molecule has 0 aliphatic carbocycles. The number of aryl methyl sites for hydroxylation is 1. The number of amides is 1. The monoisotopic (exact) mass is 587 g/mol. The van der Waals surface area contributed by atoms with Gasteiger partial charge in [0, 0.05) is 10.4 Å². The van der Waals surface area contributed by atoms with E-state index < -0.39 is 26.7 Å².